The number of nitrogens with one attached hydrogen (secondary N) is 4. The van der Waals surface area contributed by atoms with Gasteiger partial charge in [0, 0.05) is 31.0 Å². The molecule has 17 nitrogen and oxygen atoms in total. The van der Waals surface area contributed by atoms with Gasteiger partial charge in [0.05, 0.1) is 10.5 Å². The number of amides is 4. The number of nitrogens with two attached hydrogens (primary N) is 1. The molecule has 1 aliphatic rings. The summed E-state index contributed by atoms with van der Waals surface area (Å²) in [4.78, 5) is 82.2. The zero-order valence-corrected chi connectivity index (χ0v) is 22.0. The van der Waals surface area contributed by atoms with Gasteiger partial charge in [-0.3, -0.25) is 39.0 Å². The average molecular weight is 589 g/mol. The van der Waals surface area contributed by atoms with Gasteiger partial charge in [0.1, 0.15) is 30.5 Å². The van der Waals surface area contributed by atoms with Crippen LogP contribution in [0, 0.1) is 34.5 Å². The lowest BCUT2D eigenvalue weighted by Crippen LogP contribution is -2.57. The van der Waals surface area contributed by atoms with Crippen molar-refractivity contribution in [1.82, 2.24) is 21.4 Å². The Balaban J connectivity index is 2.30. The summed E-state index contributed by atoms with van der Waals surface area (Å²) in [5.74, 6) is -1.01. The molecular formula is C25H28N6O11. The van der Waals surface area contributed by atoms with Crippen molar-refractivity contribution >= 4 is 35.3 Å². The van der Waals surface area contributed by atoms with Crippen LogP contribution in [-0.2, 0) is 29.1 Å². The Kier molecular flexibility index (Phi) is 13.0. The number of terminal acetylenes is 1. The van der Waals surface area contributed by atoms with Crippen LogP contribution in [0.25, 0.3) is 0 Å². The first-order valence-corrected chi connectivity index (χ1v) is 12.4. The number of unbranched alkanes of at least 4 members (excludes halogenated alkanes) is 1. The van der Waals surface area contributed by atoms with Gasteiger partial charge in [-0.15, -0.1) is 6.42 Å². The predicted molar refractivity (Wildman–Crippen MR) is 140 cm³/mol. The van der Waals surface area contributed by atoms with Gasteiger partial charge in [-0.25, -0.2) is 0 Å². The molecule has 7 N–H and O–H groups in total. The fraction of sp³-hybridized carbons (Fsp3) is 0.400. The fourth-order valence-corrected chi connectivity index (χ4v) is 3.58. The maximum absolute atomic E-state index is 13.2. The molecule has 0 saturated heterocycles. The van der Waals surface area contributed by atoms with E-state index in [-0.39, 0.29) is 30.7 Å². The molecule has 0 saturated carbocycles. The van der Waals surface area contributed by atoms with Crippen LogP contribution in [-0.4, -0.2) is 70.9 Å². The van der Waals surface area contributed by atoms with E-state index in [4.69, 9.17) is 22.0 Å². The largest absolute Gasteiger partial charge is 0.490 e. The minimum atomic E-state index is -1.46. The topological polar surface area (TPSA) is 251 Å². The van der Waals surface area contributed by atoms with Crippen LogP contribution in [0.3, 0.4) is 0 Å². The highest BCUT2D eigenvalue weighted by Gasteiger charge is 2.31. The average Bonchev–Trinajstić information content (AvgIpc) is 2.95. The van der Waals surface area contributed by atoms with Crippen molar-refractivity contribution in [2.45, 2.75) is 50.2 Å². The smallest absolute Gasteiger partial charge is 0.303 e. The van der Waals surface area contributed by atoms with Crippen LogP contribution in [0.5, 0.6) is 5.75 Å². The van der Waals surface area contributed by atoms with Crippen LogP contribution in [0.1, 0.15) is 42.5 Å². The predicted octanol–water partition coefficient (Wildman–Crippen LogP) is -1.38. The molecule has 2 rings (SSSR count). The molecule has 0 aliphatic carbocycles. The summed E-state index contributed by atoms with van der Waals surface area (Å²) in [7, 11) is 0. The van der Waals surface area contributed by atoms with Crippen molar-refractivity contribution in [1.29, 1.82) is 0 Å². The Bertz CT molecular complexity index is 1300. The highest BCUT2D eigenvalue weighted by atomic mass is 17.3. The van der Waals surface area contributed by atoms with Gasteiger partial charge >= 0.3 is 5.97 Å². The summed E-state index contributed by atoms with van der Waals surface area (Å²) in [6.45, 7) is -0.314. The van der Waals surface area contributed by atoms with E-state index >= 15 is 0 Å². The van der Waals surface area contributed by atoms with Gasteiger partial charge in [-0.05, 0) is 37.7 Å². The molecule has 1 aromatic rings. The minimum Gasteiger partial charge on any atom is -0.490 e. The first-order chi connectivity index (χ1) is 20.0. The molecule has 17 heteroatoms. The van der Waals surface area contributed by atoms with E-state index in [1.165, 1.54) is 0 Å². The highest BCUT2D eigenvalue weighted by Crippen LogP contribution is 2.25. The number of aliphatic carboxylic acids is 1. The van der Waals surface area contributed by atoms with Gasteiger partial charge in [0.25, 0.3) is 11.6 Å². The molecule has 0 fully saturated rings. The number of benzene rings is 1. The van der Waals surface area contributed by atoms with Gasteiger partial charge in [0.2, 0.25) is 17.7 Å². The third-order valence-corrected chi connectivity index (χ3v) is 5.67. The zero-order valence-electron chi connectivity index (χ0n) is 22.0. The third kappa shape index (κ3) is 10.6. The number of fused-ring (bicyclic) bond motifs is 1. The molecule has 1 heterocycles. The molecule has 3 atom stereocenters. The number of primary amides is 1. The fourth-order valence-electron chi connectivity index (χ4n) is 3.58. The van der Waals surface area contributed by atoms with Gasteiger partial charge in [0.15, 0.2) is 6.11 Å². The number of non-ortho nitro benzene ring substituents is 1. The van der Waals surface area contributed by atoms with Crippen molar-refractivity contribution in [2.24, 2.45) is 5.73 Å². The molecule has 1 unspecified atom stereocenters. The quantitative estimate of drug-likeness (QED) is 0.0543. The second kappa shape index (κ2) is 16.7. The summed E-state index contributed by atoms with van der Waals surface area (Å²) < 4.78 is 5.53. The molecule has 0 aromatic heterocycles. The van der Waals surface area contributed by atoms with Gasteiger partial charge in [-0.1, -0.05) is 4.99 Å². The van der Waals surface area contributed by atoms with Crippen molar-refractivity contribution in [3.63, 3.8) is 0 Å². The second-order valence-corrected chi connectivity index (χ2v) is 8.66. The van der Waals surface area contributed by atoms with E-state index in [9.17, 15) is 34.1 Å². The molecule has 0 radical (unpaired) electrons. The first-order valence-electron chi connectivity index (χ1n) is 12.4. The number of carboxylic acids is 1. The monoisotopic (exact) mass is 588 g/mol. The molecule has 42 heavy (non-hydrogen) atoms. The first kappa shape index (κ1) is 32.8. The van der Waals surface area contributed by atoms with Gasteiger partial charge in [-0.2, -0.15) is 5.48 Å². The standard InChI is InChI=1S/C25H28N6O11/c1-2-3-12-41-42-27-11-5-4-6-17-24(36)30-19(22(26)34)14-40-20-9-7-15(31(38)39)13-16(20)23(35)28-18(25(37)29-17)8-10-21(32)33/h1,7,9,13,17-19,27H,4-6,8,10-11,14H2,(H2,26,34)(H,28,35)(H,29,37)(H,30,36)(H,32,33)/t17-,18-,19?/m0/s1. The maximum atomic E-state index is 13.2. The zero-order chi connectivity index (χ0) is 31.1. The summed E-state index contributed by atoms with van der Waals surface area (Å²) in [5.41, 5.74) is 7.01. The molecule has 0 bridgehead atoms. The van der Waals surface area contributed by atoms with Crippen molar-refractivity contribution in [3.05, 3.63) is 33.9 Å². The number of ether oxygens (including phenoxy) is 1. The van der Waals surface area contributed by atoms with E-state index in [1.54, 1.807) is 0 Å². The lowest BCUT2D eigenvalue weighted by Gasteiger charge is -2.24. The summed E-state index contributed by atoms with van der Waals surface area (Å²) in [6, 6.07) is -1.08. The van der Waals surface area contributed by atoms with Crippen LogP contribution in [0.15, 0.2) is 18.2 Å². The van der Waals surface area contributed by atoms with Crippen LogP contribution in [0.4, 0.5) is 5.69 Å². The van der Waals surface area contributed by atoms with E-state index in [0.29, 0.717) is 12.8 Å². The molecular weight excluding hydrogens is 560 g/mol. The summed E-state index contributed by atoms with van der Waals surface area (Å²) in [6.07, 6.45) is 6.85. The molecule has 1 aromatic carbocycles. The maximum Gasteiger partial charge on any atom is 0.303 e. The minimum absolute atomic E-state index is 0.0371. The van der Waals surface area contributed by atoms with Crippen LogP contribution < -0.4 is 31.9 Å². The van der Waals surface area contributed by atoms with E-state index in [1.807, 2.05) is 5.92 Å². The Morgan fingerprint density at radius 2 is 1.88 bits per heavy atom. The molecule has 224 valence electrons. The normalized spacial score (nSPS) is 18.7. The molecule has 0 spiro atoms. The number of hydrogen-bond donors (Lipinski definition) is 6. The Morgan fingerprint density at radius 3 is 2.55 bits per heavy atom. The Morgan fingerprint density at radius 1 is 1.17 bits per heavy atom. The number of rotatable bonds is 12. The lowest BCUT2D eigenvalue weighted by atomic mass is 10.1. The number of carbonyl (C=O) groups is 5. The molecule has 4 amide bonds. The summed E-state index contributed by atoms with van der Waals surface area (Å²) in [5, 5.41) is 27.6. The molecule has 1 aliphatic heterocycles. The number of nitro groups is 1. The lowest BCUT2D eigenvalue weighted by molar-refractivity contribution is -0.384. The van der Waals surface area contributed by atoms with E-state index < -0.39 is 71.4 Å². The Hall–Kier alpha value is -5.39. The van der Waals surface area contributed by atoms with Gasteiger partial charge < -0.3 is 31.5 Å². The van der Waals surface area contributed by atoms with Crippen molar-refractivity contribution < 1.29 is 48.6 Å². The van der Waals surface area contributed by atoms with E-state index in [0.717, 1.165) is 18.2 Å². The second-order valence-electron chi connectivity index (χ2n) is 8.66. The number of hydroxylamine groups is 1. The van der Waals surface area contributed by atoms with Crippen LogP contribution >= 0.6 is 0 Å². The number of carbonyl (C=O) groups excluding carboxylic acids is 4. The number of carboxylic acid groups (broad SMARTS) is 1. The number of nitro benzene ring substituents is 1. The Labute approximate surface area is 238 Å². The number of hydrogen-bond acceptors (Lipinski definition) is 11. The number of nitrogens with zero attached hydrogens (tertiary/aromatic N) is 1. The van der Waals surface area contributed by atoms with Crippen molar-refractivity contribution in [3.8, 4) is 30.1 Å². The summed E-state index contributed by atoms with van der Waals surface area (Å²) >= 11 is 0. The SMILES string of the molecule is C#CC#COONCCCC[C@@H]1NC(=O)[C@H](CCC(=O)O)NC(=O)c2cc([N+](=O)[O-])ccc2OCC(C(N)=O)NC1=O. The highest BCUT2D eigenvalue weighted by molar-refractivity contribution is 6.01. The van der Waals surface area contributed by atoms with E-state index in [2.05, 4.69) is 43.3 Å². The van der Waals surface area contributed by atoms with Crippen molar-refractivity contribution in [2.75, 3.05) is 13.2 Å². The van der Waals surface area contributed by atoms with Crippen LogP contribution in [0.2, 0.25) is 0 Å². The third-order valence-electron chi connectivity index (χ3n) is 5.67.